The molecule has 1 aliphatic heterocycles. The lowest BCUT2D eigenvalue weighted by molar-refractivity contribution is -0.384. The summed E-state index contributed by atoms with van der Waals surface area (Å²) >= 11 is 0. The Morgan fingerprint density at radius 3 is 2.46 bits per heavy atom. The molecule has 148 valence electrons. The van der Waals surface area contributed by atoms with Crippen LogP contribution in [0, 0.1) is 10.1 Å². The molecule has 0 bridgehead atoms. The number of nitrogens with zero attached hydrogens (tertiary/aromatic N) is 1. The molecule has 0 radical (unpaired) electrons. The van der Waals surface area contributed by atoms with Crippen molar-refractivity contribution in [1.82, 2.24) is 10.6 Å². The van der Waals surface area contributed by atoms with Crippen LogP contribution in [-0.4, -0.2) is 41.5 Å². The van der Waals surface area contributed by atoms with E-state index in [-0.39, 0.29) is 16.8 Å². The van der Waals surface area contributed by atoms with Crippen molar-refractivity contribution >= 4 is 23.5 Å². The average molecular weight is 389 g/mol. The summed E-state index contributed by atoms with van der Waals surface area (Å²) < 4.78 is 4.83. The lowest BCUT2D eigenvalue weighted by atomic mass is 9.80. The van der Waals surface area contributed by atoms with E-state index < -0.39 is 35.2 Å². The summed E-state index contributed by atoms with van der Waals surface area (Å²) in [6.45, 7) is 2.59. The maximum atomic E-state index is 12.7. The van der Waals surface area contributed by atoms with Crippen LogP contribution in [0.3, 0.4) is 0 Å². The van der Waals surface area contributed by atoms with E-state index in [0.717, 1.165) is 0 Å². The van der Waals surface area contributed by atoms with Crippen LogP contribution in [-0.2, 0) is 19.1 Å². The van der Waals surface area contributed by atoms with Gasteiger partial charge in [-0.05, 0) is 19.4 Å². The van der Waals surface area contributed by atoms with Crippen molar-refractivity contribution in [3.05, 3.63) is 62.5 Å². The molecule has 1 unspecified atom stereocenters. The number of hydrogen-bond donors (Lipinski definition) is 3. The normalized spacial score (nSPS) is 16.3. The smallest absolute Gasteiger partial charge is 0.336 e. The van der Waals surface area contributed by atoms with E-state index in [2.05, 4.69) is 10.6 Å². The first-order valence-electron chi connectivity index (χ1n) is 8.18. The third-order valence-electron chi connectivity index (χ3n) is 4.22. The SMILES string of the molecule is COC(=O)C1=C(C)NC(C)=C(C(=O)NCC(=O)O)C1c1cccc([N+](=O)[O-])c1. The van der Waals surface area contributed by atoms with Gasteiger partial charge in [0, 0.05) is 29.1 Å². The summed E-state index contributed by atoms with van der Waals surface area (Å²) in [6.07, 6.45) is 0. The molecular weight excluding hydrogens is 370 g/mol. The number of rotatable bonds is 6. The Hall–Kier alpha value is -3.69. The number of nitro benzene ring substituents is 1. The summed E-state index contributed by atoms with van der Waals surface area (Å²) in [5.74, 6) is -3.63. The highest BCUT2D eigenvalue weighted by Gasteiger charge is 2.37. The second-order valence-corrected chi connectivity index (χ2v) is 6.06. The molecular formula is C18H19N3O7. The number of benzene rings is 1. The molecule has 1 aliphatic rings. The number of amides is 1. The second kappa shape index (κ2) is 8.33. The Labute approximate surface area is 160 Å². The van der Waals surface area contributed by atoms with Crippen molar-refractivity contribution in [2.45, 2.75) is 19.8 Å². The van der Waals surface area contributed by atoms with Crippen molar-refractivity contribution < 1.29 is 29.2 Å². The molecule has 0 aromatic heterocycles. The average Bonchev–Trinajstić information content (AvgIpc) is 2.65. The van der Waals surface area contributed by atoms with Crippen LogP contribution in [0.2, 0.25) is 0 Å². The minimum atomic E-state index is -1.23. The van der Waals surface area contributed by atoms with Gasteiger partial charge in [-0.25, -0.2) is 4.79 Å². The Kier molecular flexibility index (Phi) is 6.14. The van der Waals surface area contributed by atoms with Crippen LogP contribution in [0.1, 0.15) is 25.3 Å². The van der Waals surface area contributed by atoms with E-state index in [1.165, 1.54) is 25.3 Å². The lowest BCUT2D eigenvalue weighted by Gasteiger charge is -2.30. The Balaban J connectivity index is 2.64. The highest BCUT2D eigenvalue weighted by Crippen LogP contribution is 2.39. The van der Waals surface area contributed by atoms with E-state index in [4.69, 9.17) is 9.84 Å². The number of carbonyl (C=O) groups is 3. The van der Waals surface area contributed by atoms with Gasteiger partial charge in [-0.1, -0.05) is 12.1 Å². The number of carboxylic acid groups (broad SMARTS) is 1. The monoisotopic (exact) mass is 389 g/mol. The molecule has 10 heteroatoms. The summed E-state index contributed by atoms with van der Waals surface area (Å²) in [7, 11) is 1.18. The number of nitro groups is 1. The molecule has 1 heterocycles. The van der Waals surface area contributed by atoms with Crippen LogP contribution in [0.4, 0.5) is 5.69 Å². The first-order valence-corrected chi connectivity index (χ1v) is 8.18. The Morgan fingerprint density at radius 1 is 1.25 bits per heavy atom. The molecule has 1 aromatic carbocycles. The van der Waals surface area contributed by atoms with Gasteiger partial charge in [-0.2, -0.15) is 0 Å². The number of hydrogen-bond acceptors (Lipinski definition) is 7. The molecule has 0 aliphatic carbocycles. The maximum Gasteiger partial charge on any atom is 0.336 e. The minimum absolute atomic E-state index is 0.0766. The van der Waals surface area contributed by atoms with Gasteiger partial charge in [-0.3, -0.25) is 19.7 Å². The third kappa shape index (κ3) is 4.17. The van der Waals surface area contributed by atoms with Crippen molar-refractivity contribution in [3.8, 4) is 0 Å². The van der Waals surface area contributed by atoms with Crippen molar-refractivity contribution in [2.24, 2.45) is 0 Å². The van der Waals surface area contributed by atoms with Crippen LogP contribution < -0.4 is 10.6 Å². The Bertz CT molecular complexity index is 918. The standard InChI is InChI=1S/C18H19N3O7/c1-9-14(17(24)19-8-13(22)23)16(15(10(2)20-9)18(25)28-3)11-5-4-6-12(7-11)21(26)27/h4-7,16,20H,8H2,1-3H3,(H,19,24)(H,22,23). The molecule has 0 fully saturated rings. The van der Waals surface area contributed by atoms with Gasteiger partial charge in [0.1, 0.15) is 6.54 Å². The summed E-state index contributed by atoms with van der Waals surface area (Å²) in [5, 5.41) is 25.2. The number of carbonyl (C=O) groups excluding carboxylic acids is 2. The van der Waals surface area contributed by atoms with Crippen LogP contribution in [0.15, 0.2) is 46.8 Å². The van der Waals surface area contributed by atoms with Crippen molar-refractivity contribution in [1.29, 1.82) is 0 Å². The second-order valence-electron chi connectivity index (χ2n) is 6.06. The van der Waals surface area contributed by atoms with Gasteiger partial charge in [0.25, 0.3) is 5.69 Å². The zero-order valence-corrected chi connectivity index (χ0v) is 15.4. The minimum Gasteiger partial charge on any atom is -0.480 e. The summed E-state index contributed by atoms with van der Waals surface area (Å²) in [5.41, 5.74) is 1.12. The first-order chi connectivity index (χ1) is 13.2. The van der Waals surface area contributed by atoms with E-state index in [9.17, 15) is 24.5 Å². The number of non-ortho nitro benzene ring substituents is 1. The zero-order chi connectivity index (χ0) is 21.0. The van der Waals surface area contributed by atoms with Crippen LogP contribution in [0.25, 0.3) is 0 Å². The van der Waals surface area contributed by atoms with Crippen molar-refractivity contribution in [3.63, 3.8) is 0 Å². The fourth-order valence-corrected chi connectivity index (χ4v) is 3.08. The summed E-state index contributed by atoms with van der Waals surface area (Å²) in [4.78, 5) is 46.5. The number of dihydropyridines is 1. The Morgan fingerprint density at radius 2 is 1.89 bits per heavy atom. The molecule has 3 N–H and O–H groups in total. The molecule has 1 aromatic rings. The topological polar surface area (TPSA) is 148 Å². The van der Waals surface area contributed by atoms with E-state index in [0.29, 0.717) is 17.0 Å². The highest BCUT2D eigenvalue weighted by atomic mass is 16.6. The molecule has 0 spiro atoms. The van der Waals surface area contributed by atoms with Gasteiger partial charge in [0.15, 0.2) is 0 Å². The first kappa shape index (κ1) is 20.6. The van der Waals surface area contributed by atoms with E-state index in [1.807, 2.05) is 0 Å². The fraction of sp³-hybridized carbons (Fsp3) is 0.278. The number of carboxylic acids is 1. The van der Waals surface area contributed by atoms with Crippen molar-refractivity contribution in [2.75, 3.05) is 13.7 Å². The molecule has 28 heavy (non-hydrogen) atoms. The third-order valence-corrected chi connectivity index (χ3v) is 4.22. The van der Waals surface area contributed by atoms with E-state index >= 15 is 0 Å². The summed E-state index contributed by atoms with van der Waals surface area (Å²) in [6, 6.07) is 5.56. The number of allylic oxidation sites excluding steroid dienone is 2. The van der Waals surface area contributed by atoms with Gasteiger partial charge >= 0.3 is 11.9 Å². The van der Waals surface area contributed by atoms with Crippen LogP contribution >= 0.6 is 0 Å². The predicted molar refractivity (Wildman–Crippen MR) is 97.0 cm³/mol. The van der Waals surface area contributed by atoms with Crippen LogP contribution in [0.5, 0.6) is 0 Å². The van der Waals surface area contributed by atoms with Gasteiger partial charge in [0.05, 0.1) is 23.5 Å². The maximum absolute atomic E-state index is 12.7. The lowest BCUT2D eigenvalue weighted by Crippen LogP contribution is -2.38. The number of ether oxygens (including phenoxy) is 1. The quantitative estimate of drug-likeness (QED) is 0.373. The largest absolute Gasteiger partial charge is 0.480 e. The van der Waals surface area contributed by atoms with Gasteiger partial charge < -0.3 is 20.5 Å². The highest BCUT2D eigenvalue weighted by molar-refractivity contribution is 6.02. The van der Waals surface area contributed by atoms with E-state index in [1.54, 1.807) is 19.9 Å². The predicted octanol–water partition coefficient (Wildman–Crippen LogP) is 1.20. The molecule has 2 rings (SSSR count). The molecule has 1 amide bonds. The molecule has 0 saturated heterocycles. The van der Waals surface area contributed by atoms with Gasteiger partial charge in [0.2, 0.25) is 5.91 Å². The number of esters is 1. The molecule has 10 nitrogen and oxygen atoms in total. The number of aliphatic carboxylic acids is 1. The fourth-order valence-electron chi connectivity index (χ4n) is 3.08. The number of methoxy groups -OCH3 is 1. The van der Waals surface area contributed by atoms with Gasteiger partial charge in [-0.15, -0.1) is 0 Å². The molecule has 0 saturated carbocycles. The number of nitrogens with one attached hydrogen (secondary N) is 2. The molecule has 1 atom stereocenters. The zero-order valence-electron chi connectivity index (χ0n) is 15.4.